The smallest absolute Gasteiger partial charge is 0.128 e. The van der Waals surface area contributed by atoms with E-state index in [1.54, 1.807) is 12.1 Å². The predicted octanol–water partition coefficient (Wildman–Crippen LogP) is 4.75. The molecular formula is C12H13BrClF. The molecule has 3 heteroatoms. The summed E-state index contributed by atoms with van der Waals surface area (Å²) >= 11 is 9.28. The van der Waals surface area contributed by atoms with Gasteiger partial charge in [0.05, 0.1) is 0 Å². The van der Waals surface area contributed by atoms with Gasteiger partial charge in [-0.15, -0.1) is 0 Å². The summed E-state index contributed by atoms with van der Waals surface area (Å²) in [6.07, 6.45) is 3.63. The van der Waals surface area contributed by atoms with Crippen LogP contribution in [-0.2, 0) is 6.42 Å². The van der Waals surface area contributed by atoms with E-state index in [0.717, 1.165) is 17.3 Å². The molecule has 15 heavy (non-hydrogen) atoms. The van der Waals surface area contributed by atoms with Crippen LogP contribution in [0, 0.1) is 5.82 Å². The normalized spacial score (nSPS) is 11.9. The van der Waals surface area contributed by atoms with E-state index in [9.17, 15) is 4.39 Å². The summed E-state index contributed by atoms with van der Waals surface area (Å²) in [5, 5.41) is 1.43. The maximum absolute atomic E-state index is 13.4. The van der Waals surface area contributed by atoms with E-state index in [-0.39, 0.29) is 5.82 Å². The second-order valence-electron chi connectivity index (χ2n) is 3.41. The van der Waals surface area contributed by atoms with Crippen LogP contribution in [0.2, 0.25) is 5.02 Å². The van der Waals surface area contributed by atoms with E-state index < -0.39 is 0 Å². The van der Waals surface area contributed by atoms with Gasteiger partial charge in [-0.25, -0.2) is 4.39 Å². The summed E-state index contributed by atoms with van der Waals surface area (Å²) in [6, 6.07) is 4.79. The molecule has 0 N–H and O–H groups in total. The summed E-state index contributed by atoms with van der Waals surface area (Å²) in [6.45, 7) is 1.99. The Morgan fingerprint density at radius 2 is 2.27 bits per heavy atom. The van der Waals surface area contributed by atoms with Crippen LogP contribution in [0.1, 0.15) is 18.9 Å². The molecule has 0 radical (unpaired) electrons. The third-order valence-corrected chi connectivity index (χ3v) is 2.93. The molecule has 0 heterocycles. The lowest BCUT2D eigenvalue weighted by molar-refractivity contribution is 0.613. The molecule has 0 aromatic heterocycles. The Morgan fingerprint density at radius 1 is 1.53 bits per heavy atom. The van der Waals surface area contributed by atoms with Crippen molar-refractivity contribution in [3.63, 3.8) is 0 Å². The van der Waals surface area contributed by atoms with E-state index in [4.69, 9.17) is 11.6 Å². The fourth-order valence-corrected chi connectivity index (χ4v) is 1.81. The topological polar surface area (TPSA) is 0 Å². The largest absolute Gasteiger partial charge is 0.207 e. The SMILES string of the molecule is CC(=CCCBr)Cc1c(F)cccc1Cl. The van der Waals surface area contributed by atoms with Crippen LogP contribution in [0.25, 0.3) is 0 Å². The van der Waals surface area contributed by atoms with Crippen molar-refractivity contribution in [2.24, 2.45) is 0 Å². The predicted molar refractivity (Wildman–Crippen MR) is 67.3 cm³/mol. The summed E-state index contributed by atoms with van der Waals surface area (Å²) in [7, 11) is 0. The number of halogens is 3. The molecule has 1 aromatic rings. The van der Waals surface area contributed by atoms with E-state index in [0.29, 0.717) is 17.0 Å². The van der Waals surface area contributed by atoms with Crippen molar-refractivity contribution >= 4 is 27.5 Å². The first-order chi connectivity index (χ1) is 7.15. The molecule has 0 aliphatic rings. The number of benzene rings is 1. The molecule has 0 aliphatic heterocycles. The maximum atomic E-state index is 13.4. The first-order valence-corrected chi connectivity index (χ1v) is 6.29. The van der Waals surface area contributed by atoms with Gasteiger partial charge in [0.15, 0.2) is 0 Å². The maximum Gasteiger partial charge on any atom is 0.128 e. The average Bonchev–Trinajstić information content (AvgIpc) is 2.21. The molecule has 82 valence electrons. The highest BCUT2D eigenvalue weighted by molar-refractivity contribution is 9.09. The quantitative estimate of drug-likeness (QED) is 0.554. The lowest BCUT2D eigenvalue weighted by atomic mass is 10.1. The van der Waals surface area contributed by atoms with E-state index in [1.165, 1.54) is 6.07 Å². The Hall–Kier alpha value is -0.340. The molecule has 0 unspecified atom stereocenters. The Morgan fingerprint density at radius 3 is 2.87 bits per heavy atom. The van der Waals surface area contributed by atoms with Gasteiger partial charge in [0.25, 0.3) is 0 Å². The highest BCUT2D eigenvalue weighted by Gasteiger charge is 2.06. The van der Waals surface area contributed by atoms with Crippen molar-refractivity contribution in [3.8, 4) is 0 Å². The first kappa shape index (κ1) is 12.7. The van der Waals surface area contributed by atoms with Crippen molar-refractivity contribution in [3.05, 3.63) is 46.3 Å². The molecule has 0 saturated heterocycles. The molecule has 0 fully saturated rings. The van der Waals surface area contributed by atoms with Crippen molar-refractivity contribution in [1.82, 2.24) is 0 Å². The van der Waals surface area contributed by atoms with Gasteiger partial charge in [0.1, 0.15) is 5.82 Å². The van der Waals surface area contributed by atoms with Crippen molar-refractivity contribution in [2.45, 2.75) is 19.8 Å². The number of hydrogen-bond donors (Lipinski definition) is 0. The average molecular weight is 292 g/mol. The fourth-order valence-electron chi connectivity index (χ4n) is 1.35. The standard InChI is InChI=1S/C12H13BrClF/c1-9(4-3-7-13)8-10-11(14)5-2-6-12(10)15/h2,4-6H,3,7-8H2,1H3. The fraction of sp³-hybridized carbons (Fsp3) is 0.333. The van der Waals surface area contributed by atoms with Crippen LogP contribution >= 0.6 is 27.5 Å². The minimum Gasteiger partial charge on any atom is -0.207 e. The summed E-state index contributed by atoms with van der Waals surface area (Å²) in [5.74, 6) is -0.228. The molecule has 0 saturated carbocycles. The Kier molecular flexibility index (Phi) is 5.34. The molecule has 0 spiro atoms. The van der Waals surface area contributed by atoms with Gasteiger partial charge in [-0.3, -0.25) is 0 Å². The number of rotatable bonds is 4. The highest BCUT2D eigenvalue weighted by atomic mass is 79.9. The van der Waals surface area contributed by atoms with Crippen LogP contribution in [0.3, 0.4) is 0 Å². The minimum absolute atomic E-state index is 0.228. The molecule has 1 aromatic carbocycles. The van der Waals surface area contributed by atoms with Gasteiger partial charge in [0, 0.05) is 15.9 Å². The van der Waals surface area contributed by atoms with Gasteiger partial charge >= 0.3 is 0 Å². The van der Waals surface area contributed by atoms with Gasteiger partial charge in [-0.1, -0.05) is 45.2 Å². The highest BCUT2D eigenvalue weighted by Crippen LogP contribution is 2.22. The van der Waals surface area contributed by atoms with Crippen LogP contribution in [-0.4, -0.2) is 5.33 Å². The first-order valence-electron chi connectivity index (χ1n) is 4.79. The zero-order valence-electron chi connectivity index (χ0n) is 8.56. The molecule has 0 aliphatic carbocycles. The van der Waals surface area contributed by atoms with Gasteiger partial charge in [0.2, 0.25) is 0 Å². The second kappa shape index (κ2) is 6.29. The molecule has 1 rings (SSSR count). The monoisotopic (exact) mass is 290 g/mol. The van der Waals surface area contributed by atoms with Gasteiger partial charge in [-0.2, -0.15) is 0 Å². The van der Waals surface area contributed by atoms with E-state index >= 15 is 0 Å². The zero-order valence-corrected chi connectivity index (χ0v) is 10.9. The van der Waals surface area contributed by atoms with Crippen molar-refractivity contribution in [1.29, 1.82) is 0 Å². The molecule has 0 atom stereocenters. The van der Waals surface area contributed by atoms with Crippen molar-refractivity contribution < 1.29 is 4.39 Å². The molecular weight excluding hydrogens is 278 g/mol. The van der Waals surface area contributed by atoms with Crippen LogP contribution in [0.5, 0.6) is 0 Å². The van der Waals surface area contributed by atoms with Crippen LogP contribution < -0.4 is 0 Å². The summed E-state index contributed by atoms with van der Waals surface area (Å²) in [4.78, 5) is 0. The van der Waals surface area contributed by atoms with Crippen LogP contribution in [0.15, 0.2) is 29.8 Å². The third kappa shape index (κ3) is 3.96. The molecule has 0 amide bonds. The van der Waals surface area contributed by atoms with Gasteiger partial charge in [-0.05, 0) is 31.9 Å². The summed E-state index contributed by atoms with van der Waals surface area (Å²) in [5.41, 5.74) is 1.73. The van der Waals surface area contributed by atoms with Gasteiger partial charge < -0.3 is 0 Å². The molecule has 0 nitrogen and oxygen atoms in total. The number of alkyl halides is 1. The molecule has 0 bridgehead atoms. The number of hydrogen-bond acceptors (Lipinski definition) is 0. The Balaban J connectivity index is 2.80. The minimum atomic E-state index is -0.228. The zero-order chi connectivity index (χ0) is 11.3. The lowest BCUT2D eigenvalue weighted by Gasteiger charge is -2.05. The Bertz CT molecular complexity index is 340. The third-order valence-electron chi connectivity index (χ3n) is 2.12. The van der Waals surface area contributed by atoms with Crippen LogP contribution in [0.4, 0.5) is 4.39 Å². The van der Waals surface area contributed by atoms with E-state index in [1.807, 2.05) is 6.92 Å². The second-order valence-corrected chi connectivity index (χ2v) is 4.61. The van der Waals surface area contributed by atoms with Crippen molar-refractivity contribution in [2.75, 3.05) is 5.33 Å². The Labute approximate surface area is 103 Å². The van der Waals surface area contributed by atoms with E-state index in [2.05, 4.69) is 22.0 Å². The number of allylic oxidation sites excluding steroid dienone is 2. The summed E-state index contributed by atoms with van der Waals surface area (Å²) < 4.78 is 13.4. The lowest BCUT2D eigenvalue weighted by Crippen LogP contribution is -1.93.